The lowest BCUT2D eigenvalue weighted by Crippen LogP contribution is -2.19. The van der Waals surface area contributed by atoms with Gasteiger partial charge in [0.15, 0.2) is 0 Å². The van der Waals surface area contributed by atoms with Crippen molar-refractivity contribution < 1.29 is 27.5 Å². The first-order valence-electron chi connectivity index (χ1n) is 12.2. The van der Waals surface area contributed by atoms with Gasteiger partial charge in [0.1, 0.15) is 18.1 Å². The molecule has 5 rings (SSSR count). The van der Waals surface area contributed by atoms with Crippen molar-refractivity contribution in [1.82, 2.24) is 9.55 Å². The third-order valence-electron chi connectivity index (χ3n) is 6.16. The van der Waals surface area contributed by atoms with Gasteiger partial charge in [0.2, 0.25) is 5.91 Å². The molecule has 202 valence electrons. The standard InChI is InChI=1S/C30H23F3N4O3/c1-40-24-9-5-8-23(17-24)35-29(39)20-14-12-19(13-15-20)28-36-25-10-2-3-11-26(25)37(28)18-27(38)34-22-7-4-6-21(16-22)30(31,32)33/h2-17H,18H2,1H3,(H,34,38)(H,35,39). The Morgan fingerprint density at radius 3 is 2.27 bits per heavy atom. The predicted octanol–water partition coefficient (Wildman–Crippen LogP) is 6.62. The van der Waals surface area contributed by atoms with Crippen LogP contribution in [-0.4, -0.2) is 28.5 Å². The number of anilines is 2. The van der Waals surface area contributed by atoms with Crippen molar-refractivity contribution in [1.29, 1.82) is 0 Å². The summed E-state index contributed by atoms with van der Waals surface area (Å²) in [5.41, 5.74) is 2.16. The smallest absolute Gasteiger partial charge is 0.416 e. The summed E-state index contributed by atoms with van der Waals surface area (Å²) in [7, 11) is 1.54. The second-order valence-corrected chi connectivity index (χ2v) is 8.90. The quantitative estimate of drug-likeness (QED) is 0.241. The number of halogens is 3. The highest BCUT2D eigenvalue weighted by Crippen LogP contribution is 2.31. The topological polar surface area (TPSA) is 85.2 Å². The third kappa shape index (κ3) is 5.80. The Hall–Kier alpha value is -5.12. The van der Waals surface area contributed by atoms with Crippen molar-refractivity contribution in [2.45, 2.75) is 12.7 Å². The summed E-state index contributed by atoms with van der Waals surface area (Å²) in [5, 5.41) is 5.37. The number of hydrogen-bond donors (Lipinski definition) is 2. The lowest BCUT2D eigenvalue weighted by Gasteiger charge is -2.12. The molecule has 40 heavy (non-hydrogen) atoms. The van der Waals surface area contributed by atoms with E-state index in [1.807, 2.05) is 6.07 Å². The van der Waals surface area contributed by atoms with E-state index in [0.29, 0.717) is 39.4 Å². The Labute approximate surface area is 227 Å². The van der Waals surface area contributed by atoms with E-state index < -0.39 is 17.6 Å². The summed E-state index contributed by atoms with van der Waals surface area (Å²) >= 11 is 0. The molecule has 1 heterocycles. The number of aromatic nitrogens is 2. The summed E-state index contributed by atoms with van der Waals surface area (Å²) in [6, 6.07) is 25.5. The largest absolute Gasteiger partial charge is 0.497 e. The Morgan fingerprint density at radius 2 is 1.55 bits per heavy atom. The van der Waals surface area contributed by atoms with Crippen molar-refractivity contribution >= 4 is 34.2 Å². The molecule has 2 amide bonds. The summed E-state index contributed by atoms with van der Waals surface area (Å²) in [6.07, 6.45) is -4.52. The Morgan fingerprint density at radius 1 is 0.850 bits per heavy atom. The molecule has 4 aromatic carbocycles. The molecule has 0 unspecified atom stereocenters. The minimum absolute atomic E-state index is 0.0391. The number of benzene rings is 4. The van der Waals surface area contributed by atoms with Crippen molar-refractivity contribution in [3.8, 4) is 17.1 Å². The number of rotatable bonds is 7. The highest BCUT2D eigenvalue weighted by Gasteiger charge is 2.30. The SMILES string of the molecule is COc1cccc(NC(=O)c2ccc(-c3nc4ccccc4n3CC(=O)Nc3cccc(C(F)(F)F)c3)cc2)c1. The van der Waals surface area contributed by atoms with Crippen molar-refractivity contribution in [3.63, 3.8) is 0 Å². The van der Waals surface area contributed by atoms with Crippen LogP contribution >= 0.6 is 0 Å². The molecule has 0 aliphatic carbocycles. The van der Waals surface area contributed by atoms with Crippen LogP contribution in [0.25, 0.3) is 22.4 Å². The molecule has 0 saturated heterocycles. The van der Waals surface area contributed by atoms with Crippen LogP contribution in [0.2, 0.25) is 0 Å². The van der Waals surface area contributed by atoms with Crippen LogP contribution < -0.4 is 15.4 Å². The van der Waals surface area contributed by atoms with Gasteiger partial charge < -0.3 is 19.9 Å². The zero-order valence-corrected chi connectivity index (χ0v) is 21.2. The molecular formula is C30H23F3N4O3. The van der Waals surface area contributed by atoms with Crippen LogP contribution in [0, 0.1) is 0 Å². The van der Waals surface area contributed by atoms with Crippen LogP contribution in [-0.2, 0) is 17.5 Å². The molecule has 0 bridgehead atoms. The molecule has 1 aromatic heterocycles. The van der Waals surface area contributed by atoms with Gasteiger partial charge in [0.05, 0.1) is 23.7 Å². The molecule has 2 N–H and O–H groups in total. The minimum Gasteiger partial charge on any atom is -0.497 e. The van der Waals surface area contributed by atoms with Crippen molar-refractivity contribution in [3.05, 3.63) is 108 Å². The van der Waals surface area contributed by atoms with E-state index >= 15 is 0 Å². The van der Waals surface area contributed by atoms with Gasteiger partial charge >= 0.3 is 6.18 Å². The Kier molecular flexibility index (Phi) is 7.24. The lowest BCUT2D eigenvalue weighted by atomic mass is 10.1. The Balaban J connectivity index is 1.38. The molecule has 0 radical (unpaired) electrons. The molecule has 7 nitrogen and oxygen atoms in total. The molecule has 0 spiro atoms. The molecule has 0 fully saturated rings. The lowest BCUT2D eigenvalue weighted by molar-refractivity contribution is -0.137. The molecule has 5 aromatic rings. The first-order valence-corrected chi connectivity index (χ1v) is 12.2. The normalized spacial score (nSPS) is 11.3. The van der Waals surface area contributed by atoms with Crippen molar-refractivity contribution in [2.75, 3.05) is 17.7 Å². The van der Waals surface area contributed by atoms with Crippen LogP contribution in [0.3, 0.4) is 0 Å². The van der Waals surface area contributed by atoms with Crippen molar-refractivity contribution in [2.24, 2.45) is 0 Å². The second-order valence-electron chi connectivity index (χ2n) is 8.90. The third-order valence-corrected chi connectivity index (χ3v) is 6.16. The van der Waals surface area contributed by atoms with E-state index in [4.69, 9.17) is 4.74 Å². The number of imidazole rings is 1. The number of hydrogen-bond acceptors (Lipinski definition) is 4. The monoisotopic (exact) mass is 544 g/mol. The van der Waals surface area contributed by atoms with Gasteiger partial charge in [-0.05, 0) is 54.6 Å². The number of nitrogens with zero attached hydrogens (tertiary/aromatic N) is 2. The van der Waals surface area contributed by atoms with E-state index in [0.717, 1.165) is 12.1 Å². The van der Waals surface area contributed by atoms with Gasteiger partial charge in [-0.2, -0.15) is 13.2 Å². The summed E-state index contributed by atoms with van der Waals surface area (Å²) in [6.45, 7) is -0.190. The number of ether oxygens (including phenoxy) is 1. The van der Waals surface area contributed by atoms with E-state index in [9.17, 15) is 22.8 Å². The number of alkyl halides is 3. The summed E-state index contributed by atoms with van der Waals surface area (Å²) < 4.78 is 46.1. The van der Waals surface area contributed by atoms with Gasteiger partial charge in [-0.3, -0.25) is 9.59 Å². The predicted molar refractivity (Wildman–Crippen MR) is 146 cm³/mol. The number of methoxy groups -OCH3 is 1. The number of carbonyl (C=O) groups excluding carboxylic acids is 2. The van der Waals surface area contributed by atoms with E-state index in [1.54, 1.807) is 78.4 Å². The van der Waals surface area contributed by atoms with E-state index in [-0.39, 0.29) is 18.1 Å². The first-order chi connectivity index (χ1) is 19.2. The summed E-state index contributed by atoms with van der Waals surface area (Å²) in [4.78, 5) is 30.4. The van der Waals surface area contributed by atoms with Gasteiger partial charge in [-0.1, -0.05) is 36.4 Å². The van der Waals surface area contributed by atoms with E-state index in [2.05, 4.69) is 15.6 Å². The van der Waals surface area contributed by atoms with Crippen LogP contribution in [0.4, 0.5) is 24.5 Å². The fourth-order valence-corrected chi connectivity index (χ4v) is 4.25. The highest BCUT2D eigenvalue weighted by atomic mass is 19.4. The average molecular weight is 545 g/mol. The highest BCUT2D eigenvalue weighted by molar-refractivity contribution is 6.04. The fraction of sp³-hybridized carbons (Fsp3) is 0.100. The molecule has 0 saturated carbocycles. The molecular weight excluding hydrogens is 521 g/mol. The maximum Gasteiger partial charge on any atom is 0.416 e. The van der Waals surface area contributed by atoms with E-state index in [1.165, 1.54) is 12.1 Å². The number of para-hydroxylation sites is 2. The zero-order chi connectivity index (χ0) is 28.3. The first kappa shape index (κ1) is 26.5. The maximum atomic E-state index is 13.1. The molecule has 0 aliphatic heterocycles. The Bertz CT molecular complexity index is 1700. The van der Waals surface area contributed by atoms with Crippen LogP contribution in [0.5, 0.6) is 5.75 Å². The molecule has 0 atom stereocenters. The van der Waals surface area contributed by atoms with Gasteiger partial charge in [0.25, 0.3) is 5.91 Å². The number of fused-ring (bicyclic) bond motifs is 1. The van der Waals surface area contributed by atoms with Gasteiger partial charge in [0, 0.05) is 28.6 Å². The number of amides is 2. The number of nitrogens with one attached hydrogen (secondary N) is 2. The second kappa shape index (κ2) is 10.9. The molecule has 10 heteroatoms. The zero-order valence-electron chi connectivity index (χ0n) is 21.2. The van der Waals surface area contributed by atoms with Gasteiger partial charge in [-0.25, -0.2) is 4.98 Å². The number of carbonyl (C=O) groups is 2. The average Bonchev–Trinajstić information content (AvgIpc) is 3.31. The van der Waals surface area contributed by atoms with Crippen LogP contribution in [0.15, 0.2) is 97.1 Å². The molecule has 0 aliphatic rings. The fourth-order valence-electron chi connectivity index (χ4n) is 4.25. The van der Waals surface area contributed by atoms with Crippen LogP contribution in [0.1, 0.15) is 15.9 Å². The maximum absolute atomic E-state index is 13.1. The minimum atomic E-state index is -4.52. The summed E-state index contributed by atoms with van der Waals surface area (Å²) in [5.74, 6) is 0.260. The van der Waals surface area contributed by atoms with Gasteiger partial charge in [-0.15, -0.1) is 0 Å².